The third kappa shape index (κ3) is 1.43. The van der Waals surface area contributed by atoms with E-state index in [2.05, 4.69) is 0 Å². The Bertz CT molecular complexity index is 242. The van der Waals surface area contributed by atoms with Crippen molar-refractivity contribution in [3.8, 4) is 0 Å². The van der Waals surface area contributed by atoms with E-state index in [0.717, 1.165) is 25.7 Å². The third-order valence-corrected chi connectivity index (χ3v) is 3.23. The van der Waals surface area contributed by atoms with Gasteiger partial charge in [0, 0.05) is 11.8 Å². The molecule has 1 saturated heterocycles. The molecule has 1 aliphatic heterocycles. The topological polar surface area (TPSA) is 57.6 Å². The predicted molar refractivity (Wildman–Crippen MR) is 49.3 cm³/mol. The minimum Gasteiger partial charge on any atom is -0.395 e. The number of piperidine rings is 1. The number of aliphatic hydroxyl groups excluding tert-OH is 1. The zero-order chi connectivity index (χ0) is 10.1. The summed E-state index contributed by atoms with van der Waals surface area (Å²) >= 11 is 0. The second kappa shape index (κ2) is 3.69. The van der Waals surface area contributed by atoms with Crippen LogP contribution >= 0.6 is 0 Å². The van der Waals surface area contributed by atoms with Crippen molar-refractivity contribution in [2.24, 2.45) is 11.8 Å². The van der Waals surface area contributed by atoms with E-state index in [1.54, 1.807) is 0 Å². The Morgan fingerprint density at radius 3 is 2.29 bits per heavy atom. The highest BCUT2D eigenvalue weighted by Gasteiger charge is 2.42. The molecule has 78 valence electrons. The summed E-state index contributed by atoms with van der Waals surface area (Å²) < 4.78 is 0. The predicted octanol–water partition coefficient (Wildman–Crippen LogP) is 0.154. The number of rotatable bonds is 2. The molecule has 4 nitrogen and oxygen atoms in total. The van der Waals surface area contributed by atoms with Gasteiger partial charge in [-0.05, 0) is 19.3 Å². The Balaban J connectivity index is 2.16. The van der Waals surface area contributed by atoms with E-state index in [4.69, 9.17) is 5.11 Å². The van der Waals surface area contributed by atoms with E-state index in [9.17, 15) is 9.59 Å². The first-order chi connectivity index (χ1) is 6.74. The number of carbonyl (C=O) groups is 2. The van der Waals surface area contributed by atoms with E-state index in [-0.39, 0.29) is 36.8 Å². The number of aliphatic hydroxyl groups is 1. The van der Waals surface area contributed by atoms with Gasteiger partial charge in [0.1, 0.15) is 0 Å². The summed E-state index contributed by atoms with van der Waals surface area (Å²) in [6, 6.07) is 0. The van der Waals surface area contributed by atoms with Gasteiger partial charge in [-0.2, -0.15) is 0 Å². The van der Waals surface area contributed by atoms with Gasteiger partial charge < -0.3 is 5.11 Å². The van der Waals surface area contributed by atoms with Crippen LogP contribution in [-0.2, 0) is 9.59 Å². The molecule has 2 aliphatic rings. The normalized spacial score (nSPS) is 32.2. The Labute approximate surface area is 82.9 Å². The minimum absolute atomic E-state index is 0.0398. The van der Waals surface area contributed by atoms with Gasteiger partial charge in [-0.25, -0.2) is 0 Å². The number of hydrogen-bond donors (Lipinski definition) is 1. The summed E-state index contributed by atoms with van der Waals surface area (Å²) in [6.07, 6.45) is 3.54. The van der Waals surface area contributed by atoms with E-state index >= 15 is 0 Å². The van der Waals surface area contributed by atoms with Gasteiger partial charge >= 0.3 is 0 Å². The molecule has 0 spiro atoms. The highest BCUT2D eigenvalue weighted by molar-refractivity contribution is 6.00. The SMILES string of the molecule is O=C1C2CCCC(C2)C(=O)N1CCO. The Kier molecular flexibility index (Phi) is 2.54. The number of amides is 2. The minimum atomic E-state index is -0.128. The average molecular weight is 197 g/mol. The van der Waals surface area contributed by atoms with Crippen LogP contribution in [0.25, 0.3) is 0 Å². The van der Waals surface area contributed by atoms with Crippen molar-refractivity contribution in [3.63, 3.8) is 0 Å². The van der Waals surface area contributed by atoms with Crippen LogP contribution in [0.5, 0.6) is 0 Å². The number of fused-ring (bicyclic) bond motifs is 2. The molecule has 1 aliphatic carbocycles. The fourth-order valence-electron chi connectivity index (χ4n) is 2.51. The molecule has 0 radical (unpaired) electrons. The van der Waals surface area contributed by atoms with Gasteiger partial charge in [0.2, 0.25) is 11.8 Å². The lowest BCUT2D eigenvalue weighted by molar-refractivity contribution is -0.158. The molecule has 2 fully saturated rings. The van der Waals surface area contributed by atoms with Crippen molar-refractivity contribution in [2.45, 2.75) is 25.7 Å². The molecule has 2 atom stereocenters. The monoisotopic (exact) mass is 197 g/mol. The average Bonchev–Trinajstić information content (AvgIpc) is 2.23. The maximum absolute atomic E-state index is 11.7. The van der Waals surface area contributed by atoms with E-state index in [0.29, 0.717) is 0 Å². The molecule has 2 amide bonds. The first kappa shape index (κ1) is 9.65. The van der Waals surface area contributed by atoms with E-state index < -0.39 is 0 Å². The molecule has 1 N–H and O–H groups in total. The number of β-amino-alcohol motifs (C(OH)–C–C–N with tert-alkyl or cyclic N) is 1. The van der Waals surface area contributed by atoms with Crippen LogP contribution in [0, 0.1) is 11.8 Å². The molecule has 4 heteroatoms. The molecule has 2 unspecified atom stereocenters. The lowest BCUT2D eigenvalue weighted by Crippen LogP contribution is -2.52. The van der Waals surface area contributed by atoms with Crippen molar-refractivity contribution >= 4 is 11.8 Å². The molecule has 1 saturated carbocycles. The van der Waals surface area contributed by atoms with Crippen LogP contribution in [-0.4, -0.2) is 35.0 Å². The Morgan fingerprint density at radius 2 is 1.79 bits per heavy atom. The van der Waals surface area contributed by atoms with Crippen LogP contribution in [0.1, 0.15) is 25.7 Å². The van der Waals surface area contributed by atoms with Crippen molar-refractivity contribution in [1.82, 2.24) is 4.90 Å². The van der Waals surface area contributed by atoms with Gasteiger partial charge in [-0.1, -0.05) is 6.42 Å². The van der Waals surface area contributed by atoms with Crippen molar-refractivity contribution < 1.29 is 14.7 Å². The van der Waals surface area contributed by atoms with Gasteiger partial charge in [0.05, 0.1) is 13.2 Å². The van der Waals surface area contributed by atoms with Gasteiger partial charge in [-0.15, -0.1) is 0 Å². The highest BCUT2D eigenvalue weighted by Crippen LogP contribution is 2.35. The van der Waals surface area contributed by atoms with Crippen LogP contribution in [0.4, 0.5) is 0 Å². The molecular formula is C10H15NO3. The molecule has 0 aromatic heterocycles. The highest BCUT2D eigenvalue weighted by atomic mass is 16.3. The number of nitrogens with zero attached hydrogens (tertiary/aromatic N) is 1. The summed E-state index contributed by atoms with van der Waals surface area (Å²) in [5.74, 6) is -0.0593. The summed E-state index contributed by atoms with van der Waals surface area (Å²) in [4.78, 5) is 24.7. The van der Waals surface area contributed by atoms with Crippen LogP contribution in [0.3, 0.4) is 0 Å². The second-order valence-corrected chi connectivity index (χ2v) is 4.11. The van der Waals surface area contributed by atoms with E-state index in [1.165, 1.54) is 4.90 Å². The van der Waals surface area contributed by atoms with Gasteiger partial charge in [0.25, 0.3) is 0 Å². The first-order valence-electron chi connectivity index (χ1n) is 5.20. The molecule has 2 rings (SSSR count). The molecule has 0 aromatic carbocycles. The quantitative estimate of drug-likeness (QED) is 0.641. The molecule has 1 heterocycles. The van der Waals surface area contributed by atoms with E-state index in [1.807, 2.05) is 0 Å². The first-order valence-corrected chi connectivity index (χ1v) is 5.20. The Hall–Kier alpha value is -0.900. The van der Waals surface area contributed by atoms with Crippen LogP contribution in [0.15, 0.2) is 0 Å². The van der Waals surface area contributed by atoms with Gasteiger partial charge in [-0.3, -0.25) is 14.5 Å². The summed E-state index contributed by atoms with van der Waals surface area (Å²) in [7, 11) is 0. The fourth-order valence-corrected chi connectivity index (χ4v) is 2.51. The molecule has 14 heavy (non-hydrogen) atoms. The largest absolute Gasteiger partial charge is 0.395 e. The Morgan fingerprint density at radius 1 is 1.21 bits per heavy atom. The van der Waals surface area contributed by atoms with Crippen molar-refractivity contribution in [1.29, 1.82) is 0 Å². The number of hydrogen-bond acceptors (Lipinski definition) is 3. The number of imide groups is 1. The number of carbonyl (C=O) groups excluding carboxylic acids is 2. The van der Waals surface area contributed by atoms with Crippen molar-refractivity contribution in [2.75, 3.05) is 13.2 Å². The third-order valence-electron chi connectivity index (χ3n) is 3.23. The maximum Gasteiger partial charge on any atom is 0.232 e. The molecule has 2 bridgehead atoms. The summed E-state index contributed by atoms with van der Waals surface area (Å²) in [5.41, 5.74) is 0. The fraction of sp³-hybridized carbons (Fsp3) is 0.800. The lowest BCUT2D eigenvalue weighted by Gasteiger charge is -2.38. The zero-order valence-corrected chi connectivity index (χ0v) is 8.11. The number of likely N-dealkylation sites (tertiary alicyclic amines) is 1. The molecular weight excluding hydrogens is 182 g/mol. The van der Waals surface area contributed by atoms with Gasteiger partial charge in [0.15, 0.2) is 0 Å². The lowest BCUT2D eigenvalue weighted by atomic mass is 9.77. The zero-order valence-electron chi connectivity index (χ0n) is 8.11. The standard InChI is InChI=1S/C10H15NO3/c12-5-4-11-9(13)7-2-1-3-8(6-7)10(11)14/h7-8,12H,1-6H2. The van der Waals surface area contributed by atoms with Crippen LogP contribution in [0.2, 0.25) is 0 Å². The smallest absolute Gasteiger partial charge is 0.232 e. The summed E-state index contributed by atoms with van der Waals surface area (Å²) in [5, 5.41) is 8.77. The summed E-state index contributed by atoms with van der Waals surface area (Å²) in [6.45, 7) is 0.0432. The second-order valence-electron chi connectivity index (χ2n) is 4.11. The van der Waals surface area contributed by atoms with Crippen LogP contribution < -0.4 is 0 Å². The van der Waals surface area contributed by atoms with Crippen molar-refractivity contribution in [3.05, 3.63) is 0 Å². The molecule has 0 aromatic rings. The maximum atomic E-state index is 11.7.